The topological polar surface area (TPSA) is 55.0 Å². The van der Waals surface area contributed by atoms with E-state index >= 15 is 0 Å². The van der Waals surface area contributed by atoms with Gasteiger partial charge in [0, 0.05) is 13.1 Å². The molecule has 2 atom stereocenters. The standard InChI is InChI=1S/C12H16N4S/c13-12(17)10-4-15-11(5-14-10)16-6-8-2-1-3-9(8)7-16/h4-5,8-9H,1-3,6-7H2,(H2,13,17). The highest BCUT2D eigenvalue weighted by Gasteiger charge is 2.36. The van der Waals surface area contributed by atoms with Crippen LogP contribution in [0.15, 0.2) is 12.4 Å². The molecule has 2 fully saturated rings. The maximum atomic E-state index is 5.51. The minimum absolute atomic E-state index is 0.308. The Balaban J connectivity index is 1.75. The van der Waals surface area contributed by atoms with E-state index < -0.39 is 0 Å². The summed E-state index contributed by atoms with van der Waals surface area (Å²) < 4.78 is 0. The first kappa shape index (κ1) is 10.9. The van der Waals surface area contributed by atoms with Gasteiger partial charge in [-0.05, 0) is 24.7 Å². The largest absolute Gasteiger partial charge is 0.388 e. The second-order valence-electron chi connectivity index (χ2n) is 4.98. The Morgan fingerprint density at radius 2 is 1.94 bits per heavy atom. The lowest BCUT2D eigenvalue weighted by Gasteiger charge is -2.17. The molecule has 1 saturated heterocycles. The molecule has 0 amide bonds. The van der Waals surface area contributed by atoms with Gasteiger partial charge in [0.2, 0.25) is 0 Å². The molecule has 90 valence electrons. The van der Waals surface area contributed by atoms with Crippen LogP contribution in [0.25, 0.3) is 0 Å². The fourth-order valence-corrected chi connectivity index (χ4v) is 3.14. The van der Waals surface area contributed by atoms with Gasteiger partial charge in [-0.15, -0.1) is 0 Å². The van der Waals surface area contributed by atoms with E-state index in [0.29, 0.717) is 10.7 Å². The Morgan fingerprint density at radius 3 is 2.47 bits per heavy atom. The zero-order valence-electron chi connectivity index (χ0n) is 9.67. The smallest absolute Gasteiger partial charge is 0.147 e. The summed E-state index contributed by atoms with van der Waals surface area (Å²) in [6.45, 7) is 2.26. The third kappa shape index (κ3) is 1.99. The minimum Gasteiger partial charge on any atom is -0.388 e. The Labute approximate surface area is 106 Å². The van der Waals surface area contributed by atoms with E-state index in [1.54, 1.807) is 12.4 Å². The highest BCUT2D eigenvalue weighted by molar-refractivity contribution is 7.80. The average Bonchev–Trinajstić information content (AvgIpc) is 2.89. The van der Waals surface area contributed by atoms with Gasteiger partial charge in [-0.25, -0.2) is 9.97 Å². The SMILES string of the molecule is NC(=S)c1cnc(N2CC3CCCC3C2)cn1. The van der Waals surface area contributed by atoms with Gasteiger partial charge in [0.05, 0.1) is 12.4 Å². The van der Waals surface area contributed by atoms with E-state index in [4.69, 9.17) is 18.0 Å². The van der Waals surface area contributed by atoms with Crippen molar-refractivity contribution in [1.29, 1.82) is 0 Å². The van der Waals surface area contributed by atoms with Crippen molar-refractivity contribution in [2.24, 2.45) is 17.6 Å². The van der Waals surface area contributed by atoms with Crippen molar-refractivity contribution < 1.29 is 0 Å². The molecule has 1 aromatic heterocycles. The lowest BCUT2D eigenvalue weighted by molar-refractivity contribution is 0.494. The normalized spacial score (nSPS) is 27.2. The van der Waals surface area contributed by atoms with Crippen molar-refractivity contribution in [2.75, 3.05) is 18.0 Å². The third-order valence-corrected chi connectivity index (χ3v) is 4.15. The molecule has 0 aromatic carbocycles. The van der Waals surface area contributed by atoms with Gasteiger partial charge >= 0.3 is 0 Å². The molecule has 0 spiro atoms. The van der Waals surface area contributed by atoms with Crippen molar-refractivity contribution in [1.82, 2.24) is 9.97 Å². The van der Waals surface area contributed by atoms with Crippen molar-refractivity contribution >= 4 is 23.0 Å². The average molecular weight is 248 g/mol. The molecular formula is C12H16N4S. The first-order chi connectivity index (χ1) is 8.24. The number of nitrogens with two attached hydrogens (primary N) is 1. The number of nitrogens with zero attached hydrogens (tertiary/aromatic N) is 3. The molecule has 1 aliphatic carbocycles. The molecule has 1 saturated carbocycles. The maximum Gasteiger partial charge on any atom is 0.147 e. The van der Waals surface area contributed by atoms with Crippen LogP contribution < -0.4 is 10.6 Å². The Kier molecular flexibility index (Phi) is 2.70. The summed E-state index contributed by atoms with van der Waals surface area (Å²) >= 11 is 4.87. The lowest BCUT2D eigenvalue weighted by atomic mass is 10.0. The van der Waals surface area contributed by atoms with Gasteiger partial charge in [-0.2, -0.15) is 0 Å². The lowest BCUT2D eigenvalue weighted by Crippen LogP contribution is -2.22. The van der Waals surface area contributed by atoms with Gasteiger partial charge in [0.1, 0.15) is 16.5 Å². The molecule has 3 rings (SSSR count). The predicted octanol–water partition coefficient (Wildman–Crippen LogP) is 1.35. The van der Waals surface area contributed by atoms with Crippen molar-refractivity contribution in [2.45, 2.75) is 19.3 Å². The molecular weight excluding hydrogens is 232 g/mol. The van der Waals surface area contributed by atoms with Gasteiger partial charge in [0.15, 0.2) is 0 Å². The monoisotopic (exact) mass is 248 g/mol. The minimum atomic E-state index is 0.308. The molecule has 2 N–H and O–H groups in total. The third-order valence-electron chi connectivity index (χ3n) is 3.94. The fraction of sp³-hybridized carbons (Fsp3) is 0.583. The summed E-state index contributed by atoms with van der Waals surface area (Å²) in [6, 6.07) is 0. The van der Waals surface area contributed by atoms with Crippen LogP contribution in [-0.4, -0.2) is 28.0 Å². The van der Waals surface area contributed by atoms with Gasteiger partial charge < -0.3 is 10.6 Å². The number of hydrogen-bond acceptors (Lipinski definition) is 4. The highest BCUT2D eigenvalue weighted by Crippen LogP contribution is 2.38. The van der Waals surface area contributed by atoms with E-state index in [2.05, 4.69) is 14.9 Å². The van der Waals surface area contributed by atoms with E-state index in [0.717, 1.165) is 30.7 Å². The van der Waals surface area contributed by atoms with Crippen LogP contribution in [0.4, 0.5) is 5.82 Å². The van der Waals surface area contributed by atoms with Crippen LogP contribution in [-0.2, 0) is 0 Å². The van der Waals surface area contributed by atoms with Gasteiger partial charge in [0.25, 0.3) is 0 Å². The molecule has 2 heterocycles. The van der Waals surface area contributed by atoms with Crippen LogP contribution in [0.3, 0.4) is 0 Å². The van der Waals surface area contributed by atoms with Crippen molar-refractivity contribution in [3.05, 3.63) is 18.1 Å². The van der Waals surface area contributed by atoms with Crippen LogP contribution in [0.1, 0.15) is 25.0 Å². The molecule has 2 aliphatic rings. The zero-order valence-corrected chi connectivity index (χ0v) is 10.5. The Morgan fingerprint density at radius 1 is 1.24 bits per heavy atom. The zero-order chi connectivity index (χ0) is 11.8. The maximum absolute atomic E-state index is 5.51. The van der Waals surface area contributed by atoms with Crippen molar-refractivity contribution in [3.63, 3.8) is 0 Å². The summed E-state index contributed by atoms with van der Waals surface area (Å²) in [4.78, 5) is 11.3. The summed E-state index contributed by atoms with van der Waals surface area (Å²) in [5.41, 5.74) is 6.11. The van der Waals surface area contributed by atoms with Crippen LogP contribution in [0.5, 0.6) is 0 Å². The van der Waals surface area contributed by atoms with E-state index in [9.17, 15) is 0 Å². The van der Waals surface area contributed by atoms with Gasteiger partial charge in [-0.1, -0.05) is 18.6 Å². The molecule has 0 bridgehead atoms. The number of aromatic nitrogens is 2. The Bertz CT molecular complexity index is 419. The van der Waals surface area contributed by atoms with Gasteiger partial charge in [-0.3, -0.25) is 0 Å². The number of thiocarbonyl (C=S) groups is 1. The molecule has 1 aromatic rings. The summed E-state index contributed by atoms with van der Waals surface area (Å²) in [6.07, 6.45) is 7.61. The molecule has 2 unspecified atom stereocenters. The predicted molar refractivity (Wildman–Crippen MR) is 71.0 cm³/mol. The molecule has 5 heteroatoms. The fourth-order valence-electron chi connectivity index (χ4n) is 3.03. The van der Waals surface area contributed by atoms with E-state index in [-0.39, 0.29) is 0 Å². The molecule has 1 aliphatic heterocycles. The first-order valence-electron chi connectivity index (χ1n) is 6.11. The highest BCUT2D eigenvalue weighted by atomic mass is 32.1. The summed E-state index contributed by atoms with van der Waals surface area (Å²) in [5, 5.41) is 0. The van der Waals surface area contributed by atoms with E-state index in [1.165, 1.54) is 19.3 Å². The first-order valence-corrected chi connectivity index (χ1v) is 6.51. The van der Waals surface area contributed by atoms with E-state index in [1.807, 2.05) is 0 Å². The Hall–Kier alpha value is -1.23. The van der Waals surface area contributed by atoms with Crippen LogP contribution >= 0.6 is 12.2 Å². The molecule has 0 radical (unpaired) electrons. The summed E-state index contributed by atoms with van der Waals surface area (Å²) in [5.74, 6) is 2.69. The van der Waals surface area contributed by atoms with Crippen molar-refractivity contribution in [3.8, 4) is 0 Å². The second-order valence-corrected chi connectivity index (χ2v) is 5.42. The number of hydrogen-bond donors (Lipinski definition) is 1. The number of rotatable bonds is 2. The summed E-state index contributed by atoms with van der Waals surface area (Å²) in [7, 11) is 0. The second kappa shape index (κ2) is 4.22. The molecule has 4 nitrogen and oxygen atoms in total. The molecule has 17 heavy (non-hydrogen) atoms. The van der Waals surface area contributed by atoms with Crippen LogP contribution in [0, 0.1) is 11.8 Å². The van der Waals surface area contributed by atoms with Crippen LogP contribution in [0.2, 0.25) is 0 Å². The number of fused-ring (bicyclic) bond motifs is 1. The number of anilines is 1. The quantitative estimate of drug-likeness (QED) is 0.801.